The second-order valence-electron chi connectivity index (χ2n) is 4.60. The van der Waals surface area contributed by atoms with Gasteiger partial charge in [0.05, 0.1) is 6.61 Å². The third kappa shape index (κ3) is 6.89. The van der Waals surface area contributed by atoms with Crippen LogP contribution in [0.4, 0.5) is 0 Å². The second-order valence-corrected chi connectivity index (χ2v) is 4.60. The quantitative estimate of drug-likeness (QED) is 0.697. The van der Waals surface area contributed by atoms with E-state index >= 15 is 0 Å². The molecule has 5 heteroatoms. The highest BCUT2D eigenvalue weighted by atomic mass is 16.5. The lowest BCUT2D eigenvalue weighted by atomic mass is 10.2. The van der Waals surface area contributed by atoms with Gasteiger partial charge in [0.2, 0.25) is 5.91 Å². The topological polar surface area (TPSA) is 66.8 Å². The third-order valence-corrected chi connectivity index (χ3v) is 2.91. The molecule has 1 rings (SSSR count). The van der Waals surface area contributed by atoms with Gasteiger partial charge in [0.1, 0.15) is 6.61 Å². The van der Waals surface area contributed by atoms with Crippen LogP contribution in [0.2, 0.25) is 0 Å². The average molecular weight is 279 g/mol. The van der Waals surface area contributed by atoms with Gasteiger partial charge in [-0.1, -0.05) is 30.3 Å². The molecule has 0 heterocycles. The highest BCUT2D eigenvalue weighted by Crippen LogP contribution is 2.00. The van der Waals surface area contributed by atoms with Crippen molar-refractivity contribution in [3.63, 3.8) is 0 Å². The lowest BCUT2D eigenvalue weighted by molar-refractivity contribution is -0.138. The number of carboxylic acid groups (broad SMARTS) is 1. The fourth-order valence-corrected chi connectivity index (χ4v) is 1.70. The van der Waals surface area contributed by atoms with Gasteiger partial charge >= 0.3 is 5.97 Å². The minimum atomic E-state index is -0.843. The fourth-order valence-electron chi connectivity index (χ4n) is 1.70. The van der Waals surface area contributed by atoms with Gasteiger partial charge in [-0.25, -0.2) is 0 Å². The maximum atomic E-state index is 11.7. The molecule has 0 aromatic heterocycles. The Balaban J connectivity index is 2.11. The molecule has 0 aliphatic heterocycles. The van der Waals surface area contributed by atoms with E-state index in [-0.39, 0.29) is 18.9 Å². The number of carbonyl (C=O) groups excluding carboxylic acids is 1. The van der Waals surface area contributed by atoms with E-state index < -0.39 is 5.97 Å². The summed E-state index contributed by atoms with van der Waals surface area (Å²) in [7, 11) is 1.66. The van der Waals surface area contributed by atoms with Crippen molar-refractivity contribution in [2.24, 2.45) is 0 Å². The lowest BCUT2D eigenvalue weighted by Gasteiger charge is -2.16. The zero-order chi connectivity index (χ0) is 14.8. The van der Waals surface area contributed by atoms with Crippen molar-refractivity contribution in [1.82, 2.24) is 4.90 Å². The number of likely N-dealkylation sites (N-methyl/N-ethyl adjacent to an activating group) is 1. The molecule has 0 radical (unpaired) electrons. The number of amides is 1. The number of hydrogen-bond donors (Lipinski definition) is 1. The summed E-state index contributed by atoms with van der Waals surface area (Å²) >= 11 is 0. The molecule has 0 saturated heterocycles. The minimum Gasteiger partial charge on any atom is -0.481 e. The Labute approximate surface area is 119 Å². The monoisotopic (exact) mass is 279 g/mol. The van der Waals surface area contributed by atoms with E-state index in [9.17, 15) is 9.59 Å². The summed E-state index contributed by atoms with van der Waals surface area (Å²) in [5.41, 5.74) is 1.18. The first-order valence-electron chi connectivity index (χ1n) is 6.67. The summed E-state index contributed by atoms with van der Waals surface area (Å²) in [6.45, 7) is 0.975. The summed E-state index contributed by atoms with van der Waals surface area (Å²) in [6.07, 6.45) is 1.31. The summed E-state index contributed by atoms with van der Waals surface area (Å²) < 4.78 is 5.34. The first kappa shape index (κ1) is 16.2. The van der Waals surface area contributed by atoms with Crippen LogP contribution in [0.1, 0.15) is 18.4 Å². The van der Waals surface area contributed by atoms with Gasteiger partial charge in [-0.3, -0.25) is 9.59 Å². The standard InChI is InChI=1S/C15H21NO4/c1-16(10-5-8-15(18)19)14(17)12-20-11-9-13-6-3-2-4-7-13/h2-4,6-7H,5,8-12H2,1H3,(H,18,19). The van der Waals surface area contributed by atoms with Gasteiger partial charge in [0, 0.05) is 20.0 Å². The van der Waals surface area contributed by atoms with Gasteiger partial charge in [0.25, 0.3) is 0 Å². The van der Waals surface area contributed by atoms with E-state index in [1.807, 2.05) is 30.3 Å². The number of rotatable bonds is 9. The average Bonchev–Trinajstić information content (AvgIpc) is 2.44. The summed E-state index contributed by atoms with van der Waals surface area (Å²) in [4.78, 5) is 23.6. The van der Waals surface area contributed by atoms with Crippen LogP contribution in [0.3, 0.4) is 0 Å². The number of ether oxygens (including phenoxy) is 1. The van der Waals surface area contributed by atoms with Crippen molar-refractivity contribution in [2.45, 2.75) is 19.3 Å². The van der Waals surface area contributed by atoms with Crippen molar-refractivity contribution >= 4 is 11.9 Å². The molecule has 110 valence electrons. The van der Waals surface area contributed by atoms with E-state index in [1.54, 1.807) is 7.05 Å². The van der Waals surface area contributed by atoms with E-state index in [2.05, 4.69) is 0 Å². The predicted octanol–water partition coefficient (Wildman–Crippen LogP) is 1.57. The predicted molar refractivity (Wildman–Crippen MR) is 75.5 cm³/mol. The van der Waals surface area contributed by atoms with E-state index in [1.165, 1.54) is 10.5 Å². The molecule has 1 aromatic rings. The molecule has 0 spiro atoms. The number of aliphatic carboxylic acids is 1. The lowest BCUT2D eigenvalue weighted by Crippen LogP contribution is -2.31. The first-order valence-corrected chi connectivity index (χ1v) is 6.67. The number of nitrogens with zero attached hydrogens (tertiary/aromatic N) is 1. The van der Waals surface area contributed by atoms with Crippen molar-refractivity contribution in [2.75, 3.05) is 26.8 Å². The van der Waals surface area contributed by atoms with Crippen LogP contribution in [0, 0.1) is 0 Å². The highest BCUT2D eigenvalue weighted by Gasteiger charge is 2.09. The summed E-state index contributed by atoms with van der Waals surface area (Å²) in [6, 6.07) is 9.93. The Kier molecular flexibility index (Phi) is 7.35. The largest absolute Gasteiger partial charge is 0.481 e. The molecule has 0 aliphatic rings. The third-order valence-electron chi connectivity index (χ3n) is 2.91. The zero-order valence-corrected chi connectivity index (χ0v) is 11.7. The number of hydrogen-bond acceptors (Lipinski definition) is 3. The molecule has 20 heavy (non-hydrogen) atoms. The Hall–Kier alpha value is -1.88. The SMILES string of the molecule is CN(CCCC(=O)O)C(=O)COCCc1ccccc1. The molecule has 1 aromatic carbocycles. The van der Waals surface area contributed by atoms with Crippen LogP contribution in [-0.4, -0.2) is 48.7 Å². The Morgan fingerprint density at radius 3 is 2.60 bits per heavy atom. The van der Waals surface area contributed by atoms with Crippen LogP contribution < -0.4 is 0 Å². The van der Waals surface area contributed by atoms with Gasteiger partial charge < -0.3 is 14.7 Å². The smallest absolute Gasteiger partial charge is 0.303 e. The summed E-state index contributed by atoms with van der Waals surface area (Å²) in [5.74, 6) is -0.964. The second kappa shape index (κ2) is 9.09. The minimum absolute atomic E-state index is 0.0381. The van der Waals surface area contributed by atoms with Gasteiger partial charge in [-0.15, -0.1) is 0 Å². The normalized spacial score (nSPS) is 10.2. The molecule has 0 fully saturated rings. The zero-order valence-electron chi connectivity index (χ0n) is 11.7. The molecule has 5 nitrogen and oxygen atoms in total. The Morgan fingerprint density at radius 1 is 1.25 bits per heavy atom. The molecule has 0 saturated carbocycles. The Bertz CT molecular complexity index is 419. The van der Waals surface area contributed by atoms with E-state index in [0.717, 1.165) is 6.42 Å². The number of benzene rings is 1. The molecule has 0 atom stereocenters. The van der Waals surface area contributed by atoms with Gasteiger partial charge in [-0.05, 0) is 18.4 Å². The molecule has 1 amide bonds. The highest BCUT2D eigenvalue weighted by molar-refractivity contribution is 5.77. The molecular formula is C15H21NO4. The van der Waals surface area contributed by atoms with Crippen molar-refractivity contribution in [3.8, 4) is 0 Å². The molecule has 0 aliphatic carbocycles. The van der Waals surface area contributed by atoms with Crippen LogP contribution in [-0.2, 0) is 20.7 Å². The maximum absolute atomic E-state index is 11.7. The van der Waals surface area contributed by atoms with Gasteiger partial charge in [-0.2, -0.15) is 0 Å². The molecule has 0 bridgehead atoms. The summed E-state index contributed by atoms with van der Waals surface area (Å²) in [5, 5.41) is 8.52. The van der Waals surface area contributed by atoms with Crippen molar-refractivity contribution < 1.29 is 19.4 Å². The first-order chi connectivity index (χ1) is 9.59. The molecule has 1 N–H and O–H groups in total. The maximum Gasteiger partial charge on any atom is 0.303 e. The fraction of sp³-hybridized carbons (Fsp3) is 0.467. The van der Waals surface area contributed by atoms with Crippen LogP contribution in [0.15, 0.2) is 30.3 Å². The van der Waals surface area contributed by atoms with Crippen molar-refractivity contribution in [3.05, 3.63) is 35.9 Å². The van der Waals surface area contributed by atoms with Crippen LogP contribution >= 0.6 is 0 Å². The van der Waals surface area contributed by atoms with Crippen molar-refractivity contribution in [1.29, 1.82) is 0 Å². The number of carbonyl (C=O) groups is 2. The van der Waals surface area contributed by atoms with E-state index in [4.69, 9.17) is 9.84 Å². The molecular weight excluding hydrogens is 258 g/mol. The number of carboxylic acids is 1. The van der Waals surface area contributed by atoms with E-state index in [0.29, 0.717) is 19.6 Å². The van der Waals surface area contributed by atoms with Crippen LogP contribution in [0.5, 0.6) is 0 Å². The Morgan fingerprint density at radius 2 is 1.95 bits per heavy atom. The van der Waals surface area contributed by atoms with Crippen LogP contribution in [0.25, 0.3) is 0 Å². The van der Waals surface area contributed by atoms with Gasteiger partial charge in [0.15, 0.2) is 0 Å². The molecule has 0 unspecified atom stereocenters.